The van der Waals surface area contributed by atoms with Crippen LogP contribution in [-0.4, -0.2) is 44.2 Å². The zero-order valence-corrected chi connectivity index (χ0v) is 16.7. The van der Waals surface area contributed by atoms with Crippen LogP contribution < -0.4 is 0 Å². The van der Waals surface area contributed by atoms with Gasteiger partial charge in [0.1, 0.15) is 0 Å². The van der Waals surface area contributed by atoms with Crippen LogP contribution in [0.15, 0.2) is 65.4 Å². The summed E-state index contributed by atoms with van der Waals surface area (Å²) in [5, 5.41) is 15.4. The maximum atomic E-state index is 11.0. The van der Waals surface area contributed by atoms with Crippen LogP contribution >= 0.6 is 12.4 Å². The van der Waals surface area contributed by atoms with Crippen LogP contribution in [0, 0.1) is 5.92 Å². The number of likely N-dealkylation sites (tertiary alicyclic amines) is 1. The fourth-order valence-corrected chi connectivity index (χ4v) is 3.73. The number of aromatic nitrogens is 3. The molecule has 0 aliphatic carbocycles. The van der Waals surface area contributed by atoms with Crippen LogP contribution in [-0.2, 0) is 11.3 Å². The van der Waals surface area contributed by atoms with Crippen LogP contribution in [0.5, 0.6) is 0 Å². The number of rotatable bonds is 5. The SMILES string of the molecule is Cl.O=C(O)C1CN(Cc2ccc(-c3noc(-c4cccnc4)n3)c3ccccc23)C1. The van der Waals surface area contributed by atoms with Gasteiger partial charge in [0.15, 0.2) is 0 Å². The van der Waals surface area contributed by atoms with E-state index in [1.807, 2.05) is 36.4 Å². The summed E-state index contributed by atoms with van der Waals surface area (Å²) in [4.78, 5) is 21.8. The summed E-state index contributed by atoms with van der Waals surface area (Å²) in [5.74, 6) is -0.0169. The lowest BCUT2D eigenvalue weighted by Crippen LogP contribution is -2.49. The number of pyridine rings is 1. The molecule has 30 heavy (non-hydrogen) atoms. The van der Waals surface area contributed by atoms with Crippen LogP contribution in [0.2, 0.25) is 0 Å². The number of carboxylic acids is 1. The molecule has 0 spiro atoms. The van der Waals surface area contributed by atoms with Gasteiger partial charge in [-0.3, -0.25) is 14.7 Å². The van der Waals surface area contributed by atoms with Crippen molar-refractivity contribution < 1.29 is 14.4 Å². The maximum absolute atomic E-state index is 11.0. The molecule has 1 N–H and O–H groups in total. The standard InChI is InChI=1S/C22H18N4O3.ClH/c27-22(28)16-12-26(13-16)11-15-7-8-19(18-6-2-1-5-17(15)18)20-24-21(29-25-20)14-4-3-9-23-10-14;/h1-10,16H,11-13H2,(H,27,28);1H. The molecule has 152 valence electrons. The predicted molar refractivity (Wildman–Crippen MR) is 114 cm³/mol. The van der Waals surface area contributed by atoms with Gasteiger partial charge >= 0.3 is 5.97 Å². The van der Waals surface area contributed by atoms with Crippen molar-refractivity contribution >= 4 is 29.1 Å². The molecule has 7 nitrogen and oxygen atoms in total. The number of fused-ring (bicyclic) bond motifs is 1. The minimum absolute atomic E-state index is 0. The number of nitrogens with zero attached hydrogens (tertiary/aromatic N) is 4. The first-order valence-electron chi connectivity index (χ1n) is 9.39. The van der Waals surface area contributed by atoms with Gasteiger partial charge < -0.3 is 9.63 Å². The van der Waals surface area contributed by atoms with E-state index in [1.165, 1.54) is 0 Å². The van der Waals surface area contributed by atoms with Gasteiger partial charge in [0.25, 0.3) is 5.89 Å². The van der Waals surface area contributed by atoms with Gasteiger partial charge in [-0.2, -0.15) is 4.98 Å². The Morgan fingerprint density at radius 2 is 1.90 bits per heavy atom. The lowest BCUT2D eigenvalue weighted by atomic mass is 9.95. The highest BCUT2D eigenvalue weighted by Gasteiger charge is 2.32. The predicted octanol–water partition coefficient (Wildman–Crippen LogP) is 3.89. The Hall–Kier alpha value is -3.29. The van der Waals surface area contributed by atoms with Crippen LogP contribution in [0.1, 0.15) is 5.56 Å². The number of carboxylic acid groups (broad SMARTS) is 1. The van der Waals surface area contributed by atoms with Crippen LogP contribution in [0.3, 0.4) is 0 Å². The number of benzene rings is 2. The minimum Gasteiger partial charge on any atom is -0.481 e. The topological polar surface area (TPSA) is 92.3 Å². The van der Waals surface area contributed by atoms with Gasteiger partial charge in [0.05, 0.1) is 11.5 Å². The van der Waals surface area contributed by atoms with Gasteiger partial charge in [-0.1, -0.05) is 41.6 Å². The lowest BCUT2D eigenvalue weighted by molar-refractivity contribution is -0.147. The zero-order valence-electron chi connectivity index (χ0n) is 15.9. The van der Waals surface area contributed by atoms with Crippen molar-refractivity contribution in [3.8, 4) is 22.8 Å². The molecule has 8 heteroatoms. The molecular weight excluding hydrogens is 404 g/mol. The molecule has 5 rings (SSSR count). The van der Waals surface area contributed by atoms with E-state index in [0.717, 1.165) is 34.0 Å². The molecule has 0 amide bonds. The second-order valence-corrected chi connectivity index (χ2v) is 7.21. The van der Waals surface area contributed by atoms with Crippen molar-refractivity contribution in [1.29, 1.82) is 0 Å². The molecule has 1 saturated heterocycles. The minimum atomic E-state index is -0.719. The summed E-state index contributed by atoms with van der Waals surface area (Å²) in [6.07, 6.45) is 3.39. The number of halogens is 1. The third-order valence-electron chi connectivity index (χ3n) is 5.29. The summed E-state index contributed by atoms with van der Waals surface area (Å²) in [7, 11) is 0. The molecule has 1 aliphatic heterocycles. The summed E-state index contributed by atoms with van der Waals surface area (Å²) >= 11 is 0. The first kappa shape index (κ1) is 20.0. The van der Waals surface area contributed by atoms with E-state index in [4.69, 9.17) is 9.63 Å². The van der Waals surface area contributed by atoms with E-state index in [9.17, 15) is 4.79 Å². The molecule has 2 aromatic carbocycles. The Balaban J connectivity index is 0.00000218. The average molecular weight is 423 g/mol. The Labute approximate surface area is 178 Å². The average Bonchev–Trinajstić information content (AvgIpc) is 3.20. The lowest BCUT2D eigenvalue weighted by Gasteiger charge is -2.36. The summed E-state index contributed by atoms with van der Waals surface area (Å²) < 4.78 is 5.44. The maximum Gasteiger partial charge on any atom is 0.309 e. The molecule has 1 aliphatic rings. The van der Waals surface area contributed by atoms with Crippen molar-refractivity contribution in [2.45, 2.75) is 6.54 Å². The van der Waals surface area contributed by atoms with E-state index in [1.54, 1.807) is 12.4 Å². The van der Waals surface area contributed by atoms with E-state index in [2.05, 4.69) is 32.2 Å². The second-order valence-electron chi connectivity index (χ2n) is 7.21. The fraction of sp³-hybridized carbons (Fsp3) is 0.182. The van der Waals surface area contributed by atoms with Gasteiger partial charge in [-0.25, -0.2) is 0 Å². The van der Waals surface area contributed by atoms with Gasteiger partial charge in [0, 0.05) is 37.6 Å². The first-order valence-corrected chi connectivity index (χ1v) is 9.39. The van der Waals surface area contributed by atoms with Crippen molar-refractivity contribution in [2.75, 3.05) is 13.1 Å². The van der Waals surface area contributed by atoms with Crippen molar-refractivity contribution in [3.05, 3.63) is 66.5 Å². The zero-order chi connectivity index (χ0) is 19.8. The Morgan fingerprint density at radius 1 is 1.10 bits per heavy atom. The molecule has 0 bridgehead atoms. The number of hydrogen-bond acceptors (Lipinski definition) is 6. The number of carbonyl (C=O) groups is 1. The normalized spacial score (nSPS) is 14.3. The highest BCUT2D eigenvalue weighted by molar-refractivity contribution is 5.97. The van der Waals surface area contributed by atoms with Crippen molar-refractivity contribution in [3.63, 3.8) is 0 Å². The Bertz CT molecular complexity index is 1190. The third kappa shape index (κ3) is 3.65. The van der Waals surface area contributed by atoms with E-state index < -0.39 is 5.97 Å². The highest BCUT2D eigenvalue weighted by Crippen LogP contribution is 2.32. The molecule has 0 saturated carbocycles. The molecule has 1 fully saturated rings. The molecular formula is C22H19ClN4O3. The summed E-state index contributed by atoms with van der Waals surface area (Å²) in [5.41, 5.74) is 2.83. The fourth-order valence-electron chi connectivity index (χ4n) is 3.73. The Morgan fingerprint density at radius 3 is 2.63 bits per heavy atom. The van der Waals surface area contributed by atoms with E-state index in [0.29, 0.717) is 24.8 Å². The van der Waals surface area contributed by atoms with E-state index in [-0.39, 0.29) is 18.3 Å². The van der Waals surface area contributed by atoms with Crippen LogP contribution in [0.25, 0.3) is 33.6 Å². The monoisotopic (exact) mass is 422 g/mol. The molecule has 3 heterocycles. The van der Waals surface area contributed by atoms with Crippen molar-refractivity contribution in [1.82, 2.24) is 20.0 Å². The quantitative estimate of drug-likeness (QED) is 0.521. The molecule has 2 aromatic heterocycles. The first-order chi connectivity index (χ1) is 14.2. The molecule has 0 radical (unpaired) electrons. The van der Waals surface area contributed by atoms with Gasteiger partial charge in [-0.05, 0) is 28.5 Å². The van der Waals surface area contributed by atoms with Gasteiger partial charge in [-0.15, -0.1) is 12.4 Å². The summed E-state index contributed by atoms with van der Waals surface area (Å²) in [6, 6.07) is 15.9. The Kier molecular flexibility index (Phi) is 5.48. The van der Waals surface area contributed by atoms with Gasteiger partial charge in [0.2, 0.25) is 5.82 Å². The largest absolute Gasteiger partial charge is 0.481 e. The smallest absolute Gasteiger partial charge is 0.309 e. The number of hydrogen-bond donors (Lipinski definition) is 1. The molecule has 4 aromatic rings. The highest BCUT2D eigenvalue weighted by atomic mass is 35.5. The second kappa shape index (κ2) is 8.22. The molecule has 0 atom stereocenters. The molecule has 0 unspecified atom stereocenters. The number of aliphatic carboxylic acids is 1. The van der Waals surface area contributed by atoms with Crippen LogP contribution in [0.4, 0.5) is 0 Å². The van der Waals surface area contributed by atoms with E-state index >= 15 is 0 Å². The van der Waals surface area contributed by atoms with Crippen molar-refractivity contribution in [2.24, 2.45) is 5.92 Å². The summed E-state index contributed by atoms with van der Waals surface area (Å²) in [6.45, 7) is 1.90. The third-order valence-corrected chi connectivity index (χ3v) is 5.29.